The molecule has 0 radical (unpaired) electrons. The van der Waals surface area contributed by atoms with Crippen LogP contribution in [0, 0.1) is 0 Å². The molecule has 0 saturated carbocycles. The summed E-state index contributed by atoms with van der Waals surface area (Å²) >= 11 is 3.02. The number of aliphatic carboxylic acids is 1. The zero-order valence-electron chi connectivity index (χ0n) is 9.01. The van der Waals surface area contributed by atoms with E-state index >= 15 is 0 Å². The molecular formula is C9H14N2O3S2. The fourth-order valence-electron chi connectivity index (χ4n) is 0.941. The summed E-state index contributed by atoms with van der Waals surface area (Å²) in [5.74, 6) is 2.70. The van der Waals surface area contributed by atoms with Gasteiger partial charge in [0.15, 0.2) is 5.82 Å². The van der Waals surface area contributed by atoms with E-state index in [0.717, 1.165) is 17.9 Å². The molecule has 1 aromatic rings. The average molecular weight is 262 g/mol. The molecule has 0 saturated heterocycles. The predicted octanol–water partition coefficient (Wildman–Crippen LogP) is 2.03. The molecule has 90 valence electrons. The summed E-state index contributed by atoms with van der Waals surface area (Å²) in [6.07, 6.45) is 1.13. The van der Waals surface area contributed by atoms with E-state index < -0.39 is 5.97 Å². The number of nitrogens with zero attached hydrogens (tertiary/aromatic N) is 2. The van der Waals surface area contributed by atoms with Gasteiger partial charge in [-0.3, -0.25) is 4.79 Å². The molecule has 0 aromatic carbocycles. The van der Waals surface area contributed by atoms with Crippen molar-refractivity contribution in [2.75, 3.05) is 11.5 Å². The number of thioether (sulfide) groups is 2. The molecule has 1 N–H and O–H groups in total. The number of hydrogen-bond acceptors (Lipinski definition) is 6. The van der Waals surface area contributed by atoms with Crippen molar-refractivity contribution in [1.82, 2.24) is 10.1 Å². The Morgan fingerprint density at radius 3 is 2.94 bits per heavy atom. The van der Waals surface area contributed by atoms with Crippen LogP contribution in [0.3, 0.4) is 0 Å². The first kappa shape index (κ1) is 13.4. The van der Waals surface area contributed by atoms with Crippen LogP contribution in [-0.4, -0.2) is 32.7 Å². The van der Waals surface area contributed by atoms with Gasteiger partial charge in [0.1, 0.15) is 0 Å². The molecule has 0 fully saturated rings. The van der Waals surface area contributed by atoms with E-state index in [9.17, 15) is 4.79 Å². The maximum Gasteiger partial charge on any atom is 0.313 e. The zero-order valence-corrected chi connectivity index (χ0v) is 10.6. The first-order valence-corrected chi connectivity index (χ1v) is 7.22. The molecule has 0 aliphatic rings. The fourth-order valence-corrected chi connectivity index (χ4v) is 2.24. The lowest BCUT2D eigenvalue weighted by molar-refractivity contribution is -0.133. The van der Waals surface area contributed by atoms with Crippen molar-refractivity contribution in [1.29, 1.82) is 0 Å². The Bertz CT molecular complexity index is 330. The molecule has 16 heavy (non-hydrogen) atoms. The highest BCUT2D eigenvalue weighted by Gasteiger charge is 2.07. The summed E-state index contributed by atoms with van der Waals surface area (Å²) in [4.78, 5) is 14.4. The van der Waals surface area contributed by atoms with Gasteiger partial charge in [-0.05, 0) is 12.2 Å². The number of carboxylic acid groups (broad SMARTS) is 1. The second kappa shape index (κ2) is 7.56. The highest BCUT2D eigenvalue weighted by atomic mass is 32.2. The van der Waals surface area contributed by atoms with E-state index in [0.29, 0.717) is 17.5 Å². The van der Waals surface area contributed by atoms with Crippen molar-refractivity contribution < 1.29 is 14.4 Å². The first-order chi connectivity index (χ1) is 7.72. The van der Waals surface area contributed by atoms with E-state index in [-0.39, 0.29) is 5.75 Å². The topological polar surface area (TPSA) is 76.2 Å². The van der Waals surface area contributed by atoms with Crippen LogP contribution in [0.1, 0.15) is 25.1 Å². The highest BCUT2D eigenvalue weighted by Crippen LogP contribution is 2.13. The zero-order chi connectivity index (χ0) is 11.8. The van der Waals surface area contributed by atoms with Gasteiger partial charge in [0, 0.05) is 0 Å². The SMILES string of the molecule is CCCSCc1noc(CSCC(=O)O)n1. The van der Waals surface area contributed by atoms with Crippen molar-refractivity contribution in [2.45, 2.75) is 24.9 Å². The van der Waals surface area contributed by atoms with Crippen molar-refractivity contribution in [3.63, 3.8) is 0 Å². The first-order valence-electron chi connectivity index (χ1n) is 4.91. The number of carboxylic acids is 1. The summed E-state index contributed by atoms with van der Waals surface area (Å²) in [5.41, 5.74) is 0. The third-order valence-corrected chi connectivity index (χ3v) is 3.60. The van der Waals surface area contributed by atoms with Gasteiger partial charge in [-0.1, -0.05) is 12.1 Å². The molecule has 1 rings (SSSR count). The van der Waals surface area contributed by atoms with Crippen LogP contribution in [0.2, 0.25) is 0 Å². The maximum absolute atomic E-state index is 10.3. The van der Waals surface area contributed by atoms with E-state index in [1.54, 1.807) is 11.8 Å². The number of hydrogen-bond donors (Lipinski definition) is 1. The molecule has 0 bridgehead atoms. The van der Waals surface area contributed by atoms with Crippen LogP contribution in [0.4, 0.5) is 0 Å². The van der Waals surface area contributed by atoms with Gasteiger partial charge in [-0.25, -0.2) is 0 Å². The van der Waals surface area contributed by atoms with Crippen molar-refractivity contribution in [3.05, 3.63) is 11.7 Å². The lowest BCUT2D eigenvalue weighted by atomic mass is 10.6. The van der Waals surface area contributed by atoms with Crippen LogP contribution >= 0.6 is 23.5 Å². The molecule has 1 heterocycles. The van der Waals surface area contributed by atoms with Crippen molar-refractivity contribution in [2.24, 2.45) is 0 Å². The maximum atomic E-state index is 10.3. The molecule has 0 spiro atoms. The molecule has 7 heteroatoms. The smallest absolute Gasteiger partial charge is 0.313 e. The highest BCUT2D eigenvalue weighted by molar-refractivity contribution is 7.99. The quantitative estimate of drug-likeness (QED) is 0.718. The van der Waals surface area contributed by atoms with Gasteiger partial charge >= 0.3 is 5.97 Å². The fraction of sp³-hybridized carbons (Fsp3) is 0.667. The third-order valence-electron chi connectivity index (χ3n) is 1.54. The van der Waals surface area contributed by atoms with Crippen LogP contribution in [0.25, 0.3) is 0 Å². The lowest BCUT2D eigenvalue weighted by Crippen LogP contribution is -1.98. The Morgan fingerprint density at radius 1 is 1.44 bits per heavy atom. The van der Waals surface area contributed by atoms with Crippen LogP contribution in [0.15, 0.2) is 4.52 Å². The second-order valence-electron chi connectivity index (χ2n) is 3.04. The third kappa shape index (κ3) is 5.41. The summed E-state index contributed by atoms with van der Waals surface area (Å²) in [5, 5.41) is 12.3. The molecule has 0 unspecified atom stereocenters. The second-order valence-corrected chi connectivity index (χ2v) is 5.13. The van der Waals surface area contributed by atoms with E-state index in [2.05, 4.69) is 17.1 Å². The van der Waals surface area contributed by atoms with Gasteiger partial charge in [0.25, 0.3) is 0 Å². The lowest BCUT2D eigenvalue weighted by Gasteiger charge is -1.92. The molecule has 1 aromatic heterocycles. The number of aromatic nitrogens is 2. The molecule has 0 aliphatic carbocycles. The van der Waals surface area contributed by atoms with E-state index in [4.69, 9.17) is 9.63 Å². The summed E-state index contributed by atoms with van der Waals surface area (Å²) in [6, 6.07) is 0. The van der Waals surface area contributed by atoms with Crippen molar-refractivity contribution >= 4 is 29.5 Å². The Hall–Kier alpha value is -0.690. The van der Waals surface area contributed by atoms with E-state index in [1.807, 2.05) is 0 Å². The summed E-state index contributed by atoms with van der Waals surface area (Å²) in [6.45, 7) is 2.12. The normalized spacial score (nSPS) is 10.6. The van der Waals surface area contributed by atoms with Gasteiger partial charge < -0.3 is 9.63 Å². The minimum absolute atomic E-state index is 0.0578. The standard InChI is InChI=1S/C9H14N2O3S2/c1-2-3-15-4-7-10-8(14-11-7)5-16-6-9(12)13/h2-6H2,1H3,(H,12,13). The Kier molecular flexibility index (Phi) is 6.32. The van der Waals surface area contributed by atoms with Crippen LogP contribution in [0.5, 0.6) is 0 Å². The minimum Gasteiger partial charge on any atom is -0.481 e. The molecular weight excluding hydrogens is 248 g/mol. The average Bonchev–Trinajstić information content (AvgIpc) is 2.66. The van der Waals surface area contributed by atoms with Gasteiger partial charge in [0.05, 0.1) is 17.3 Å². The van der Waals surface area contributed by atoms with Crippen LogP contribution < -0.4 is 0 Å². The number of carbonyl (C=O) groups is 1. The van der Waals surface area contributed by atoms with E-state index in [1.165, 1.54) is 11.8 Å². The number of rotatable bonds is 8. The molecule has 5 nitrogen and oxygen atoms in total. The largest absolute Gasteiger partial charge is 0.481 e. The predicted molar refractivity (Wildman–Crippen MR) is 64.5 cm³/mol. The van der Waals surface area contributed by atoms with Crippen molar-refractivity contribution in [3.8, 4) is 0 Å². The van der Waals surface area contributed by atoms with Crippen LogP contribution in [-0.2, 0) is 16.3 Å². The Morgan fingerprint density at radius 2 is 2.25 bits per heavy atom. The Labute approximate surface area is 102 Å². The summed E-state index contributed by atoms with van der Waals surface area (Å²) < 4.78 is 4.99. The summed E-state index contributed by atoms with van der Waals surface area (Å²) in [7, 11) is 0. The molecule has 0 amide bonds. The minimum atomic E-state index is -0.830. The van der Waals surface area contributed by atoms with Gasteiger partial charge in [-0.2, -0.15) is 16.7 Å². The van der Waals surface area contributed by atoms with Gasteiger partial charge in [-0.15, -0.1) is 11.8 Å². The Balaban J connectivity index is 2.25. The monoisotopic (exact) mass is 262 g/mol. The molecule has 0 atom stereocenters. The molecule has 0 aliphatic heterocycles. The van der Waals surface area contributed by atoms with Gasteiger partial charge in [0.2, 0.25) is 5.89 Å².